The monoisotopic (exact) mass is 350 g/mol. The molecule has 20 heavy (non-hydrogen) atoms. The number of rotatable bonds is 4. The fraction of sp³-hybridized carbons (Fsp3) is 0.0769. The minimum absolute atomic E-state index is 0.126. The van der Waals surface area contributed by atoms with Crippen LogP contribution in [0.1, 0.15) is 5.56 Å². The highest BCUT2D eigenvalue weighted by atomic mass is 35.7. The van der Waals surface area contributed by atoms with Gasteiger partial charge in [-0.3, -0.25) is 0 Å². The lowest BCUT2D eigenvalue weighted by Gasteiger charge is -2.10. The molecule has 0 saturated heterocycles. The van der Waals surface area contributed by atoms with Crippen molar-refractivity contribution in [3.05, 3.63) is 58.1 Å². The summed E-state index contributed by atoms with van der Waals surface area (Å²) in [6.07, 6.45) is 0. The van der Waals surface area contributed by atoms with E-state index in [1.165, 1.54) is 18.2 Å². The Morgan fingerprint density at radius 1 is 1.05 bits per heavy atom. The van der Waals surface area contributed by atoms with Crippen molar-refractivity contribution in [2.45, 2.75) is 11.5 Å². The van der Waals surface area contributed by atoms with Gasteiger partial charge in [-0.1, -0.05) is 41.4 Å². The van der Waals surface area contributed by atoms with E-state index in [2.05, 4.69) is 0 Å². The summed E-state index contributed by atoms with van der Waals surface area (Å²) in [5.74, 6) is 0.129. The summed E-state index contributed by atoms with van der Waals surface area (Å²) >= 11 is 11.8. The molecule has 2 aromatic rings. The number of benzene rings is 2. The number of ether oxygens (including phenoxy) is 1. The zero-order valence-corrected chi connectivity index (χ0v) is 13.1. The van der Waals surface area contributed by atoms with Crippen LogP contribution >= 0.6 is 33.9 Å². The molecule has 2 aromatic carbocycles. The van der Waals surface area contributed by atoms with Gasteiger partial charge in [0.1, 0.15) is 17.3 Å². The normalized spacial score (nSPS) is 11.3. The SMILES string of the molecule is O=S(=O)(Cl)c1cc(Cl)ccc1OCc1ccccc1Cl. The van der Waals surface area contributed by atoms with Crippen LogP contribution in [0.25, 0.3) is 0 Å². The summed E-state index contributed by atoms with van der Waals surface area (Å²) in [4.78, 5) is -0.168. The fourth-order valence-corrected chi connectivity index (χ4v) is 2.99. The third kappa shape index (κ3) is 3.79. The second-order valence-corrected chi connectivity index (χ2v) is 7.29. The van der Waals surface area contributed by atoms with E-state index in [1.807, 2.05) is 6.07 Å². The molecule has 0 saturated carbocycles. The van der Waals surface area contributed by atoms with Crippen molar-refractivity contribution in [3.8, 4) is 5.75 Å². The lowest BCUT2D eigenvalue weighted by Crippen LogP contribution is -2.01. The highest BCUT2D eigenvalue weighted by molar-refractivity contribution is 8.13. The largest absolute Gasteiger partial charge is 0.487 e. The van der Waals surface area contributed by atoms with Gasteiger partial charge in [0.2, 0.25) is 0 Å². The van der Waals surface area contributed by atoms with Crippen molar-refractivity contribution >= 4 is 42.9 Å². The maximum Gasteiger partial charge on any atom is 0.265 e. The number of halogens is 3. The Bertz CT molecular complexity index is 729. The second kappa shape index (κ2) is 6.22. The van der Waals surface area contributed by atoms with Gasteiger partial charge in [0.05, 0.1) is 0 Å². The average molecular weight is 352 g/mol. The summed E-state index contributed by atoms with van der Waals surface area (Å²) in [5, 5.41) is 0.797. The van der Waals surface area contributed by atoms with Crippen molar-refractivity contribution < 1.29 is 13.2 Å². The molecule has 0 unspecified atom stereocenters. The highest BCUT2D eigenvalue weighted by Gasteiger charge is 2.17. The van der Waals surface area contributed by atoms with Gasteiger partial charge in [-0.15, -0.1) is 0 Å². The van der Waals surface area contributed by atoms with Crippen LogP contribution in [0.2, 0.25) is 10.0 Å². The van der Waals surface area contributed by atoms with E-state index in [9.17, 15) is 8.42 Å². The van der Waals surface area contributed by atoms with Gasteiger partial charge >= 0.3 is 0 Å². The van der Waals surface area contributed by atoms with E-state index in [0.717, 1.165) is 5.56 Å². The average Bonchev–Trinajstić information content (AvgIpc) is 2.38. The number of hydrogen-bond donors (Lipinski definition) is 0. The molecule has 3 nitrogen and oxygen atoms in total. The van der Waals surface area contributed by atoms with Crippen LogP contribution in [0, 0.1) is 0 Å². The third-order valence-electron chi connectivity index (χ3n) is 2.51. The van der Waals surface area contributed by atoms with Gasteiger partial charge in [-0.2, -0.15) is 0 Å². The molecule has 0 aromatic heterocycles. The van der Waals surface area contributed by atoms with Gasteiger partial charge < -0.3 is 4.74 Å². The molecule has 0 radical (unpaired) electrons. The molecule has 0 aliphatic rings. The summed E-state index contributed by atoms with van der Waals surface area (Å²) < 4.78 is 28.4. The summed E-state index contributed by atoms with van der Waals surface area (Å²) in [5.41, 5.74) is 0.738. The third-order valence-corrected chi connectivity index (χ3v) is 4.46. The van der Waals surface area contributed by atoms with Crippen LogP contribution in [0.15, 0.2) is 47.4 Å². The smallest absolute Gasteiger partial charge is 0.265 e. The molecular weight excluding hydrogens is 343 g/mol. The van der Waals surface area contributed by atoms with Crippen molar-refractivity contribution in [3.63, 3.8) is 0 Å². The standard InChI is InChI=1S/C13H9Cl3O3S/c14-10-5-6-12(13(7-10)20(16,17)18)19-8-9-3-1-2-4-11(9)15/h1-7H,8H2. The predicted octanol–water partition coefficient (Wildman–Crippen LogP) is 4.50. The molecule has 2 rings (SSSR count). The van der Waals surface area contributed by atoms with E-state index < -0.39 is 9.05 Å². The lowest BCUT2D eigenvalue weighted by molar-refractivity contribution is 0.298. The second-order valence-electron chi connectivity index (χ2n) is 3.91. The zero-order chi connectivity index (χ0) is 14.8. The van der Waals surface area contributed by atoms with Gasteiger partial charge in [0, 0.05) is 26.3 Å². The van der Waals surface area contributed by atoms with Crippen LogP contribution in [-0.2, 0) is 15.7 Å². The van der Waals surface area contributed by atoms with E-state index in [0.29, 0.717) is 5.02 Å². The van der Waals surface area contributed by atoms with Crippen molar-refractivity contribution in [2.75, 3.05) is 0 Å². The highest BCUT2D eigenvalue weighted by Crippen LogP contribution is 2.30. The molecule has 7 heteroatoms. The number of hydrogen-bond acceptors (Lipinski definition) is 3. The van der Waals surface area contributed by atoms with Gasteiger partial charge in [0.25, 0.3) is 9.05 Å². The predicted molar refractivity (Wildman–Crippen MR) is 80.3 cm³/mol. The van der Waals surface area contributed by atoms with Gasteiger partial charge in [0.15, 0.2) is 0 Å². The molecule has 106 valence electrons. The fourth-order valence-electron chi connectivity index (χ4n) is 1.56. The van der Waals surface area contributed by atoms with Gasteiger partial charge in [-0.05, 0) is 24.3 Å². The van der Waals surface area contributed by atoms with Crippen LogP contribution in [0.5, 0.6) is 5.75 Å². The first-order valence-corrected chi connectivity index (χ1v) is 8.55. The van der Waals surface area contributed by atoms with Crippen LogP contribution in [0.3, 0.4) is 0 Å². The molecule has 0 spiro atoms. The molecule has 0 aliphatic heterocycles. The maximum atomic E-state index is 11.5. The van der Waals surface area contributed by atoms with Crippen molar-refractivity contribution in [1.29, 1.82) is 0 Å². The summed E-state index contributed by atoms with van der Waals surface area (Å²) in [6, 6.07) is 11.3. The van der Waals surface area contributed by atoms with Crippen LogP contribution in [-0.4, -0.2) is 8.42 Å². The minimum atomic E-state index is -3.94. The maximum absolute atomic E-state index is 11.5. The summed E-state index contributed by atoms with van der Waals surface area (Å²) in [7, 11) is 1.42. The summed E-state index contributed by atoms with van der Waals surface area (Å²) in [6.45, 7) is 0.126. The van der Waals surface area contributed by atoms with E-state index in [-0.39, 0.29) is 22.3 Å². The molecule has 0 aliphatic carbocycles. The van der Waals surface area contributed by atoms with Crippen molar-refractivity contribution in [2.24, 2.45) is 0 Å². The molecule has 0 bridgehead atoms. The first-order valence-electron chi connectivity index (χ1n) is 5.48. The Morgan fingerprint density at radius 3 is 2.40 bits per heavy atom. The Hall–Kier alpha value is -0.940. The Balaban J connectivity index is 2.29. The topological polar surface area (TPSA) is 43.4 Å². The van der Waals surface area contributed by atoms with E-state index in [4.69, 9.17) is 38.6 Å². The zero-order valence-electron chi connectivity index (χ0n) is 10.0. The first kappa shape index (κ1) is 15.4. The van der Waals surface area contributed by atoms with E-state index in [1.54, 1.807) is 18.2 Å². The van der Waals surface area contributed by atoms with Gasteiger partial charge in [-0.25, -0.2) is 8.42 Å². The van der Waals surface area contributed by atoms with Crippen LogP contribution < -0.4 is 4.74 Å². The molecule has 0 atom stereocenters. The molecule has 0 amide bonds. The Kier molecular flexibility index (Phi) is 4.81. The lowest BCUT2D eigenvalue weighted by atomic mass is 10.2. The molecular formula is C13H9Cl3O3S. The van der Waals surface area contributed by atoms with E-state index >= 15 is 0 Å². The van der Waals surface area contributed by atoms with Crippen molar-refractivity contribution in [1.82, 2.24) is 0 Å². The molecule has 0 heterocycles. The Morgan fingerprint density at radius 2 is 1.75 bits per heavy atom. The van der Waals surface area contributed by atoms with Crippen LogP contribution in [0.4, 0.5) is 0 Å². The quantitative estimate of drug-likeness (QED) is 0.762. The first-order chi connectivity index (χ1) is 9.38. The molecule has 0 fully saturated rings. The minimum Gasteiger partial charge on any atom is -0.487 e. The Labute approximate surface area is 131 Å². The molecule has 0 N–H and O–H groups in total.